The maximum Gasteiger partial charge on any atom is 0.123 e. The molecule has 3 nitrogen and oxygen atoms in total. The highest BCUT2D eigenvalue weighted by molar-refractivity contribution is 5.71. The molecule has 0 aliphatic rings. The van der Waals surface area contributed by atoms with Gasteiger partial charge in [-0.05, 0) is 35.4 Å². The molecule has 2 rings (SSSR count). The molecular weight excluding hydrogens is 216 g/mol. The van der Waals surface area contributed by atoms with E-state index in [-0.39, 0.29) is 12.4 Å². The van der Waals surface area contributed by atoms with Crippen LogP contribution < -0.4 is 4.74 Å². The van der Waals surface area contributed by atoms with Crippen LogP contribution in [0.4, 0.5) is 0 Å². The Morgan fingerprint density at radius 1 is 1.06 bits per heavy atom. The maximum atomic E-state index is 9.80. The summed E-state index contributed by atoms with van der Waals surface area (Å²) in [6, 6.07) is 12.5. The van der Waals surface area contributed by atoms with Crippen LogP contribution in [0.25, 0.3) is 11.1 Å². The fourth-order valence-electron chi connectivity index (χ4n) is 1.68. The third-order valence-electron chi connectivity index (χ3n) is 2.64. The molecule has 0 heterocycles. The van der Waals surface area contributed by atoms with E-state index in [1.807, 2.05) is 24.3 Å². The average molecular weight is 230 g/mol. The zero-order valence-electron chi connectivity index (χ0n) is 9.55. The molecule has 0 saturated carbocycles. The summed E-state index contributed by atoms with van der Waals surface area (Å²) in [5.41, 5.74) is 2.37. The van der Waals surface area contributed by atoms with Gasteiger partial charge in [0.15, 0.2) is 0 Å². The van der Waals surface area contributed by atoms with Gasteiger partial charge in [0.1, 0.15) is 11.5 Å². The molecule has 0 fully saturated rings. The van der Waals surface area contributed by atoms with Gasteiger partial charge in [-0.3, -0.25) is 0 Å². The van der Waals surface area contributed by atoms with Crippen LogP contribution in [0.2, 0.25) is 0 Å². The van der Waals surface area contributed by atoms with Crippen molar-refractivity contribution in [2.45, 2.75) is 6.61 Å². The van der Waals surface area contributed by atoms with Gasteiger partial charge >= 0.3 is 0 Å². The predicted octanol–water partition coefficient (Wildman–Crippen LogP) is 2.56. The van der Waals surface area contributed by atoms with Crippen molar-refractivity contribution in [3.05, 3.63) is 48.0 Å². The Morgan fingerprint density at radius 2 is 1.76 bits per heavy atom. The summed E-state index contributed by atoms with van der Waals surface area (Å²) in [4.78, 5) is 0. The molecule has 3 heteroatoms. The molecule has 0 bridgehead atoms. The molecule has 2 aromatic carbocycles. The smallest absolute Gasteiger partial charge is 0.123 e. The van der Waals surface area contributed by atoms with Crippen molar-refractivity contribution in [3.63, 3.8) is 0 Å². The van der Waals surface area contributed by atoms with Gasteiger partial charge in [-0.1, -0.05) is 18.2 Å². The number of aliphatic hydroxyl groups excluding tert-OH is 1. The van der Waals surface area contributed by atoms with Crippen molar-refractivity contribution < 1.29 is 14.9 Å². The molecule has 0 saturated heterocycles. The Labute approximate surface area is 99.9 Å². The van der Waals surface area contributed by atoms with E-state index in [0.717, 1.165) is 16.9 Å². The summed E-state index contributed by atoms with van der Waals surface area (Å²) in [5, 5.41) is 18.9. The lowest BCUT2D eigenvalue weighted by Crippen LogP contribution is -1.86. The van der Waals surface area contributed by atoms with E-state index in [1.54, 1.807) is 25.3 Å². The second kappa shape index (κ2) is 4.89. The van der Waals surface area contributed by atoms with Gasteiger partial charge in [0.25, 0.3) is 0 Å². The summed E-state index contributed by atoms with van der Waals surface area (Å²) in [6.45, 7) is -0.0383. The van der Waals surface area contributed by atoms with E-state index in [4.69, 9.17) is 9.84 Å². The van der Waals surface area contributed by atoms with Crippen LogP contribution in [0.3, 0.4) is 0 Å². The van der Waals surface area contributed by atoms with Gasteiger partial charge in [-0.25, -0.2) is 0 Å². The van der Waals surface area contributed by atoms with Crippen LogP contribution in [0.1, 0.15) is 5.56 Å². The molecule has 88 valence electrons. The standard InChI is InChI=1S/C14H14O3/c1-17-12-5-3-11(4-6-12)13-8-10(9-15)2-7-14(13)16/h2-8,15-16H,9H2,1H3. The summed E-state index contributed by atoms with van der Waals surface area (Å²) < 4.78 is 5.08. The summed E-state index contributed by atoms with van der Waals surface area (Å²) in [5.74, 6) is 0.971. The van der Waals surface area contributed by atoms with Crippen molar-refractivity contribution in [2.24, 2.45) is 0 Å². The third kappa shape index (κ3) is 2.40. The fraction of sp³-hybridized carbons (Fsp3) is 0.143. The normalized spacial score (nSPS) is 10.2. The zero-order chi connectivity index (χ0) is 12.3. The Hall–Kier alpha value is -2.00. The molecule has 17 heavy (non-hydrogen) atoms. The molecule has 0 aliphatic carbocycles. The molecule has 0 amide bonds. The highest BCUT2D eigenvalue weighted by Crippen LogP contribution is 2.31. The number of aliphatic hydroxyl groups is 1. The lowest BCUT2D eigenvalue weighted by atomic mass is 10.0. The number of phenolic OH excluding ortho intramolecular Hbond substituents is 1. The van der Waals surface area contributed by atoms with Gasteiger partial charge in [0.2, 0.25) is 0 Å². The number of benzene rings is 2. The number of ether oxygens (including phenoxy) is 1. The third-order valence-corrected chi connectivity index (χ3v) is 2.64. The van der Waals surface area contributed by atoms with E-state index in [1.165, 1.54) is 0 Å². The van der Waals surface area contributed by atoms with Crippen molar-refractivity contribution in [1.29, 1.82) is 0 Å². The highest BCUT2D eigenvalue weighted by atomic mass is 16.5. The topological polar surface area (TPSA) is 49.7 Å². The minimum absolute atomic E-state index is 0.0383. The minimum Gasteiger partial charge on any atom is -0.507 e. The quantitative estimate of drug-likeness (QED) is 0.852. The number of aromatic hydroxyl groups is 1. The summed E-state index contributed by atoms with van der Waals surface area (Å²) in [6.07, 6.45) is 0. The number of rotatable bonds is 3. The number of methoxy groups -OCH3 is 1. The SMILES string of the molecule is COc1ccc(-c2cc(CO)ccc2O)cc1. The van der Waals surface area contributed by atoms with Crippen molar-refractivity contribution in [1.82, 2.24) is 0 Å². The van der Waals surface area contributed by atoms with Gasteiger partial charge in [0, 0.05) is 5.56 Å². The second-order valence-electron chi connectivity index (χ2n) is 3.74. The average Bonchev–Trinajstić information content (AvgIpc) is 2.39. The first kappa shape index (κ1) is 11.5. The highest BCUT2D eigenvalue weighted by Gasteiger charge is 2.05. The first-order valence-corrected chi connectivity index (χ1v) is 5.32. The Morgan fingerprint density at radius 3 is 2.35 bits per heavy atom. The number of phenols is 1. The Bertz CT molecular complexity index is 503. The van der Waals surface area contributed by atoms with Gasteiger partial charge < -0.3 is 14.9 Å². The summed E-state index contributed by atoms with van der Waals surface area (Å²) in [7, 11) is 1.61. The van der Waals surface area contributed by atoms with Crippen molar-refractivity contribution in [3.8, 4) is 22.6 Å². The van der Waals surface area contributed by atoms with Gasteiger partial charge in [-0.2, -0.15) is 0 Å². The van der Waals surface area contributed by atoms with Gasteiger partial charge in [-0.15, -0.1) is 0 Å². The lowest BCUT2D eigenvalue weighted by molar-refractivity contribution is 0.282. The molecule has 0 radical (unpaired) electrons. The minimum atomic E-state index is -0.0383. The molecular formula is C14H14O3. The number of hydrogen-bond acceptors (Lipinski definition) is 3. The Balaban J connectivity index is 2.43. The zero-order valence-corrected chi connectivity index (χ0v) is 9.55. The molecule has 0 aromatic heterocycles. The summed E-state index contributed by atoms with van der Waals surface area (Å²) >= 11 is 0. The van der Waals surface area contributed by atoms with E-state index in [0.29, 0.717) is 5.56 Å². The van der Waals surface area contributed by atoms with Crippen molar-refractivity contribution >= 4 is 0 Å². The molecule has 0 aliphatic heterocycles. The molecule has 0 unspecified atom stereocenters. The van der Waals surface area contributed by atoms with E-state index in [2.05, 4.69) is 0 Å². The largest absolute Gasteiger partial charge is 0.507 e. The fourth-order valence-corrected chi connectivity index (χ4v) is 1.68. The predicted molar refractivity (Wildman–Crippen MR) is 66.0 cm³/mol. The molecule has 0 atom stereocenters. The van der Waals surface area contributed by atoms with Crippen LogP contribution in [-0.4, -0.2) is 17.3 Å². The van der Waals surface area contributed by atoms with Crippen LogP contribution >= 0.6 is 0 Å². The van der Waals surface area contributed by atoms with Crippen LogP contribution in [-0.2, 0) is 6.61 Å². The monoisotopic (exact) mass is 230 g/mol. The van der Waals surface area contributed by atoms with Crippen molar-refractivity contribution in [2.75, 3.05) is 7.11 Å². The Kier molecular flexibility index (Phi) is 3.30. The first-order chi connectivity index (χ1) is 8.24. The molecule has 2 N–H and O–H groups in total. The first-order valence-electron chi connectivity index (χ1n) is 5.32. The van der Waals surface area contributed by atoms with E-state index in [9.17, 15) is 5.11 Å². The number of hydrogen-bond donors (Lipinski definition) is 2. The second-order valence-corrected chi connectivity index (χ2v) is 3.74. The lowest BCUT2D eigenvalue weighted by Gasteiger charge is -2.07. The van der Waals surface area contributed by atoms with E-state index < -0.39 is 0 Å². The van der Waals surface area contributed by atoms with Crippen LogP contribution in [0, 0.1) is 0 Å². The molecule has 0 spiro atoms. The van der Waals surface area contributed by atoms with Gasteiger partial charge in [0.05, 0.1) is 13.7 Å². The van der Waals surface area contributed by atoms with Crippen LogP contribution in [0.5, 0.6) is 11.5 Å². The van der Waals surface area contributed by atoms with E-state index >= 15 is 0 Å². The molecule has 2 aromatic rings. The maximum absolute atomic E-state index is 9.80. The van der Waals surface area contributed by atoms with Crippen LogP contribution in [0.15, 0.2) is 42.5 Å².